The molecule has 0 saturated heterocycles. The molecule has 0 aliphatic heterocycles. The van der Waals surface area contributed by atoms with Gasteiger partial charge in [-0.05, 0) is 12.5 Å². The van der Waals surface area contributed by atoms with Gasteiger partial charge in [-0.2, -0.15) is 0 Å². The van der Waals surface area contributed by atoms with E-state index in [0.717, 1.165) is 5.56 Å². The zero-order valence-electron chi connectivity index (χ0n) is 12.4. The van der Waals surface area contributed by atoms with Gasteiger partial charge >= 0.3 is 12.0 Å². The Kier molecular flexibility index (Phi) is 7.25. The Morgan fingerprint density at radius 3 is 2.57 bits per heavy atom. The quantitative estimate of drug-likeness (QED) is 0.710. The Bertz CT molecular complexity index is 450. The lowest BCUT2D eigenvalue weighted by Gasteiger charge is -2.21. The van der Waals surface area contributed by atoms with Crippen LogP contribution in [0.2, 0.25) is 0 Å². The van der Waals surface area contributed by atoms with Crippen LogP contribution in [-0.4, -0.2) is 54.9 Å². The summed E-state index contributed by atoms with van der Waals surface area (Å²) in [6, 6.07) is 7.84. The fraction of sp³-hybridized carbons (Fsp3) is 0.467. The number of nitrogens with zero attached hydrogens (tertiary/aromatic N) is 1. The van der Waals surface area contributed by atoms with E-state index >= 15 is 0 Å². The van der Waals surface area contributed by atoms with Crippen LogP contribution in [0.4, 0.5) is 4.79 Å². The third-order valence-corrected chi connectivity index (χ3v) is 3.00. The molecule has 0 aromatic heterocycles. The van der Waals surface area contributed by atoms with E-state index in [2.05, 4.69) is 5.32 Å². The largest absolute Gasteiger partial charge is 0.480 e. The molecule has 0 spiro atoms. The first kappa shape index (κ1) is 17.0. The highest BCUT2D eigenvalue weighted by molar-refractivity contribution is 5.82. The zero-order valence-corrected chi connectivity index (χ0v) is 12.4. The maximum Gasteiger partial charge on any atom is 0.326 e. The highest BCUT2D eigenvalue weighted by atomic mass is 16.5. The third-order valence-electron chi connectivity index (χ3n) is 3.00. The van der Waals surface area contributed by atoms with E-state index in [1.54, 1.807) is 7.05 Å². The van der Waals surface area contributed by atoms with Crippen LogP contribution in [0.1, 0.15) is 12.5 Å². The summed E-state index contributed by atoms with van der Waals surface area (Å²) in [6.45, 7) is 3.30. The van der Waals surface area contributed by atoms with Crippen molar-refractivity contribution in [1.29, 1.82) is 0 Å². The summed E-state index contributed by atoms with van der Waals surface area (Å²) in [5.74, 6) is -1.05. The Morgan fingerprint density at radius 1 is 1.33 bits per heavy atom. The molecule has 2 N–H and O–H groups in total. The Balaban J connectivity index is 2.54. The molecule has 0 bridgehead atoms. The topological polar surface area (TPSA) is 78.9 Å². The van der Waals surface area contributed by atoms with E-state index in [0.29, 0.717) is 19.8 Å². The van der Waals surface area contributed by atoms with Crippen LogP contribution in [0.3, 0.4) is 0 Å². The predicted octanol–water partition coefficient (Wildman–Crippen LogP) is 1.36. The number of ether oxygens (including phenoxy) is 1. The molecule has 1 rings (SSSR count). The number of carboxylic acids is 1. The lowest BCUT2D eigenvalue weighted by molar-refractivity contribution is -0.139. The van der Waals surface area contributed by atoms with Crippen molar-refractivity contribution in [1.82, 2.24) is 10.2 Å². The van der Waals surface area contributed by atoms with Crippen LogP contribution in [0.25, 0.3) is 0 Å². The van der Waals surface area contributed by atoms with Gasteiger partial charge in [0.2, 0.25) is 0 Å². The standard InChI is InChI=1S/C15H22N2O4/c1-3-21-10-9-17(2)15(20)16-13(14(18)19)11-12-7-5-4-6-8-12/h4-8,13H,3,9-11H2,1-2H3,(H,16,20)(H,18,19). The van der Waals surface area contributed by atoms with Crippen LogP contribution < -0.4 is 5.32 Å². The van der Waals surface area contributed by atoms with Gasteiger partial charge in [0.1, 0.15) is 6.04 Å². The number of hydrogen-bond acceptors (Lipinski definition) is 3. The maximum atomic E-state index is 11.9. The number of urea groups is 1. The molecule has 0 aliphatic carbocycles. The zero-order chi connectivity index (χ0) is 15.7. The van der Waals surface area contributed by atoms with Gasteiger partial charge in [-0.3, -0.25) is 0 Å². The van der Waals surface area contributed by atoms with E-state index in [4.69, 9.17) is 4.74 Å². The second-order valence-electron chi connectivity index (χ2n) is 4.65. The molecular weight excluding hydrogens is 272 g/mol. The molecule has 6 nitrogen and oxygen atoms in total. The van der Waals surface area contributed by atoms with Gasteiger partial charge in [-0.25, -0.2) is 9.59 Å². The maximum absolute atomic E-state index is 11.9. The van der Waals surface area contributed by atoms with Crippen molar-refractivity contribution in [3.63, 3.8) is 0 Å². The van der Waals surface area contributed by atoms with Gasteiger partial charge < -0.3 is 20.1 Å². The molecule has 0 aliphatic rings. The fourth-order valence-corrected chi connectivity index (χ4v) is 1.76. The van der Waals surface area contributed by atoms with Crippen molar-refractivity contribution >= 4 is 12.0 Å². The van der Waals surface area contributed by atoms with Gasteiger partial charge in [0.25, 0.3) is 0 Å². The summed E-state index contributed by atoms with van der Waals surface area (Å²) in [6.07, 6.45) is 0.251. The first-order valence-corrected chi connectivity index (χ1v) is 6.90. The molecule has 0 saturated carbocycles. The molecule has 1 unspecified atom stereocenters. The molecule has 1 atom stereocenters. The highest BCUT2D eigenvalue weighted by Crippen LogP contribution is 2.04. The summed E-state index contributed by atoms with van der Waals surface area (Å²) in [5, 5.41) is 11.7. The number of likely N-dealkylation sites (N-methyl/N-ethyl adjacent to an activating group) is 1. The second-order valence-corrected chi connectivity index (χ2v) is 4.65. The molecule has 6 heteroatoms. The minimum atomic E-state index is -1.05. The Labute approximate surface area is 124 Å². The number of aliphatic carboxylic acids is 1. The number of rotatable bonds is 8. The van der Waals surface area contributed by atoms with E-state index in [-0.39, 0.29) is 6.42 Å². The van der Waals surface area contributed by atoms with Gasteiger partial charge in [0, 0.05) is 26.6 Å². The van der Waals surface area contributed by atoms with Crippen molar-refractivity contribution in [3.05, 3.63) is 35.9 Å². The Hall–Kier alpha value is -2.08. The lowest BCUT2D eigenvalue weighted by atomic mass is 10.1. The number of benzene rings is 1. The van der Waals surface area contributed by atoms with E-state index in [9.17, 15) is 14.7 Å². The first-order valence-electron chi connectivity index (χ1n) is 6.90. The number of carboxylic acid groups (broad SMARTS) is 1. The smallest absolute Gasteiger partial charge is 0.326 e. The number of carbonyl (C=O) groups excluding carboxylic acids is 1. The average molecular weight is 294 g/mol. The van der Waals surface area contributed by atoms with Crippen LogP contribution in [0, 0.1) is 0 Å². The number of hydrogen-bond donors (Lipinski definition) is 2. The minimum Gasteiger partial charge on any atom is -0.480 e. The monoisotopic (exact) mass is 294 g/mol. The highest BCUT2D eigenvalue weighted by Gasteiger charge is 2.21. The third kappa shape index (κ3) is 6.27. The first-order chi connectivity index (χ1) is 10.0. The molecule has 2 amide bonds. The predicted molar refractivity (Wildman–Crippen MR) is 79.2 cm³/mol. The van der Waals surface area contributed by atoms with Gasteiger partial charge in [-0.1, -0.05) is 30.3 Å². The molecule has 21 heavy (non-hydrogen) atoms. The van der Waals surface area contributed by atoms with Crippen molar-refractivity contribution in [3.8, 4) is 0 Å². The van der Waals surface area contributed by atoms with Crippen LogP contribution >= 0.6 is 0 Å². The molecule has 1 aromatic rings. The number of amides is 2. The van der Waals surface area contributed by atoms with Crippen molar-refractivity contribution in [2.75, 3.05) is 26.8 Å². The average Bonchev–Trinajstić information content (AvgIpc) is 2.47. The number of nitrogens with one attached hydrogen (secondary N) is 1. The van der Waals surface area contributed by atoms with Gasteiger partial charge in [0.05, 0.1) is 6.61 Å². The summed E-state index contributed by atoms with van der Waals surface area (Å²) < 4.78 is 5.16. The molecule has 0 fully saturated rings. The second kappa shape index (κ2) is 8.97. The van der Waals surface area contributed by atoms with E-state index in [1.165, 1.54) is 4.90 Å². The molecular formula is C15H22N2O4. The lowest BCUT2D eigenvalue weighted by Crippen LogP contribution is -2.48. The van der Waals surface area contributed by atoms with E-state index in [1.807, 2.05) is 37.3 Å². The van der Waals surface area contributed by atoms with Gasteiger partial charge in [-0.15, -0.1) is 0 Å². The van der Waals surface area contributed by atoms with Crippen LogP contribution in [-0.2, 0) is 16.0 Å². The minimum absolute atomic E-state index is 0.251. The molecule has 1 aromatic carbocycles. The van der Waals surface area contributed by atoms with Crippen molar-refractivity contribution in [2.24, 2.45) is 0 Å². The molecule has 0 heterocycles. The Morgan fingerprint density at radius 2 is 2.00 bits per heavy atom. The summed E-state index contributed by atoms with van der Waals surface area (Å²) >= 11 is 0. The summed E-state index contributed by atoms with van der Waals surface area (Å²) in [4.78, 5) is 24.6. The van der Waals surface area contributed by atoms with Crippen molar-refractivity contribution < 1.29 is 19.4 Å². The van der Waals surface area contributed by atoms with E-state index < -0.39 is 18.0 Å². The normalized spacial score (nSPS) is 11.7. The molecule has 0 radical (unpaired) electrons. The van der Waals surface area contributed by atoms with Gasteiger partial charge in [0.15, 0.2) is 0 Å². The van der Waals surface area contributed by atoms with Crippen LogP contribution in [0.15, 0.2) is 30.3 Å². The fourth-order valence-electron chi connectivity index (χ4n) is 1.76. The van der Waals surface area contributed by atoms with Crippen molar-refractivity contribution in [2.45, 2.75) is 19.4 Å². The SMILES string of the molecule is CCOCCN(C)C(=O)NC(Cc1ccccc1)C(=O)O. The van der Waals surface area contributed by atoms with Crippen LogP contribution in [0.5, 0.6) is 0 Å². The number of carbonyl (C=O) groups is 2. The molecule has 116 valence electrons. The summed E-state index contributed by atoms with van der Waals surface area (Å²) in [7, 11) is 1.61. The summed E-state index contributed by atoms with van der Waals surface area (Å²) in [5.41, 5.74) is 0.863.